The first-order chi connectivity index (χ1) is 12.2. The van der Waals surface area contributed by atoms with Crippen molar-refractivity contribution in [2.45, 2.75) is 19.3 Å². The third kappa shape index (κ3) is 4.73. The molecule has 4 heteroatoms. The van der Waals surface area contributed by atoms with Crippen molar-refractivity contribution in [1.29, 1.82) is 0 Å². The van der Waals surface area contributed by atoms with Gasteiger partial charge in [0.25, 0.3) is 0 Å². The minimum absolute atomic E-state index is 0.0176. The van der Waals surface area contributed by atoms with Crippen LogP contribution in [0.15, 0.2) is 73.1 Å². The number of nitrogens with zero attached hydrogens (tertiary/aromatic N) is 1. The van der Waals surface area contributed by atoms with E-state index in [0.717, 1.165) is 24.0 Å². The second-order valence-electron chi connectivity index (χ2n) is 5.82. The van der Waals surface area contributed by atoms with Crippen molar-refractivity contribution >= 4 is 11.6 Å². The van der Waals surface area contributed by atoms with E-state index in [9.17, 15) is 9.18 Å². The fraction of sp³-hybridized carbons (Fsp3) is 0.143. The van der Waals surface area contributed by atoms with Gasteiger partial charge in [0, 0.05) is 18.2 Å². The molecule has 25 heavy (non-hydrogen) atoms. The summed E-state index contributed by atoms with van der Waals surface area (Å²) in [5, 5.41) is 2.82. The lowest BCUT2D eigenvalue weighted by molar-refractivity contribution is -0.116. The van der Waals surface area contributed by atoms with Crippen molar-refractivity contribution in [3.63, 3.8) is 0 Å². The standard InChI is InChI=1S/C21H19FN2O/c22-20-8-2-1-7-19(20)17-12-10-16(11-13-17)5-3-9-21(25)24-18-6-4-14-23-15-18/h1-2,4,6-8,10-15H,3,5,9H2,(H,24,25). The van der Waals surface area contributed by atoms with Crippen LogP contribution in [0.1, 0.15) is 18.4 Å². The van der Waals surface area contributed by atoms with Crippen LogP contribution in [-0.4, -0.2) is 10.9 Å². The largest absolute Gasteiger partial charge is 0.325 e. The number of anilines is 1. The summed E-state index contributed by atoms with van der Waals surface area (Å²) in [6, 6.07) is 18.2. The number of nitrogens with one attached hydrogen (secondary N) is 1. The first-order valence-corrected chi connectivity index (χ1v) is 8.26. The number of rotatable bonds is 6. The molecule has 0 aliphatic rings. The van der Waals surface area contributed by atoms with Gasteiger partial charge in [0.15, 0.2) is 0 Å². The number of aromatic nitrogens is 1. The topological polar surface area (TPSA) is 42.0 Å². The van der Waals surface area contributed by atoms with Crippen LogP contribution in [0.4, 0.5) is 10.1 Å². The zero-order valence-corrected chi connectivity index (χ0v) is 13.8. The second-order valence-corrected chi connectivity index (χ2v) is 5.82. The lowest BCUT2D eigenvalue weighted by Crippen LogP contribution is -2.11. The third-order valence-corrected chi connectivity index (χ3v) is 3.95. The summed E-state index contributed by atoms with van der Waals surface area (Å²) in [5.41, 5.74) is 3.30. The van der Waals surface area contributed by atoms with Gasteiger partial charge in [0.1, 0.15) is 5.82 Å². The molecule has 0 radical (unpaired) electrons. The van der Waals surface area contributed by atoms with Gasteiger partial charge in [0.2, 0.25) is 5.91 Å². The number of carbonyl (C=O) groups is 1. The summed E-state index contributed by atoms with van der Waals surface area (Å²) in [6.45, 7) is 0. The van der Waals surface area contributed by atoms with E-state index in [2.05, 4.69) is 10.3 Å². The van der Waals surface area contributed by atoms with Crippen LogP contribution in [0.3, 0.4) is 0 Å². The molecule has 0 atom stereocenters. The summed E-state index contributed by atoms with van der Waals surface area (Å²) < 4.78 is 13.8. The Labute approximate surface area is 146 Å². The van der Waals surface area contributed by atoms with Crippen LogP contribution in [0.25, 0.3) is 11.1 Å². The van der Waals surface area contributed by atoms with E-state index in [1.54, 1.807) is 30.6 Å². The van der Waals surface area contributed by atoms with E-state index in [0.29, 0.717) is 17.7 Å². The third-order valence-electron chi connectivity index (χ3n) is 3.95. The minimum Gasteiger partial charge on any atom is -0.325 e. The van der Waals surface area contributed by atoms with E-state index in [1.165, 1.54) is 6.07 Å². The maximum Gasteiger partial charge on any atom is 0.224 e. The van der Waals surface area contributed by atoms with Crippen LogP contribution in [0.5, 0.6) is 0 Å². The molecular formula is C21H19FN2O. The molecular weight excluding hydrogens is 315 g/mol. The highest BCUT2D eigenvalue weighted by Crippen LogP contribution is 2.23. The van der Waals surface area contributed by atoms with E-state index < -0.39 is 0 Å². The van der Waals surface area contributed by atoms with Crippen LogP contribution in [0, 0.1) is 5.82 Å². The Morgan fingerprint density at radius 3 is 2.52 bits per heavy atom. The van der Waals surface area contributed by atoms with Gasteiger partial charge in [-0.3, -0.25) is 9.78 Å². The average molecular weight is 334 g/mol. The summed E-state index contributed by atoms with van der Waals surface area (Å²) in [4.78, 5) is 15.9. The number of amides is 1. The monoisotopic (exact) mass is 334 g/mol. The van der Waals surface area contributed by atoms with Crippen LogP contribution < -0.4 is 5.32 Å². The molecule has 3 nitrogen and oxygen atoms in total. The van der Waals surface area contributed by atoms with Crippen LogP contribution in [-0.2, 0) is 11.2 Å². The SMILES string of the molecule is O=C(CCCc1ccc(-c2ccccc2F)cc1)Nc1cccnc1. The molecule has 126 valence electrons. The smallest absolute Gasteiger partial charge is 0.224 e. The fourth-order valence-electron chi connectivity index (χ4n) is 2.66. The lowest BCUT2D eigenvalue weighted by atomic mass is 10.0. The Morgan fingerprint density at radius 2 is 1.80 bits per heavy atom. The highest BCUT2D eigenvalue weighted by Gasteiger charge is 2.05. The molecule has 1 heterocycles. The number of pyridine rings is 1. The van der Waals surface area contributed by atoms with Crippen LogP contribution >= 0.6 is 0 Å². The van der Waals surface area contributed by atoms with Crippen molar-refractivity contribution in [3.05, 3.63) is 84.4 Å². The summed E-state index contributed by atoms with van der Waals surface area (Å²) >= 11 is 0. The van der Waals surface area contributed by atoms with Gasteiger partial charge >= 0.3 is 0 Å². The minimum atomic E-state index is -0.220. The Bertz CT molecular complexity index is 832. The Balaban J connectivity index is 1.51. The highest BCUT2D eigenvalue weighted by molar-refractivity contribution is 5.90. The normalized spacial score (nSPS) is 10.4. The molecule has 0 aliphatic heterocycles. The quantitative estimate of drug-likeness (QED) is 0.700. The first kappa shape index (κ1) is 16.8. The van der Waals surface area contributed by atoms with Crippen molar-refractivity contribution in [2.75, 3.05) is 5.32 Å². The van der Waals surface area contributed by atoms with Crippen molar-refractivity contribution < 1.29 is 9.18 Å². The molecule has 3 aromatic rings. The van der Waals surface area contributed by atoms with E-state index in [-0.39, 0.29) is 11.7 Å². The van der Waals surface area contributed by atoms with Gasteiger partial charge in [-0.05, 0) is 42.2 Å². The lowest BCUT2D eigenvalue weighted by Gasteiger charge is -2.06. The molecule has 0 fully saturated rings. The molecule has 0 spiro atoms. The average Bonchev–Trinajstić information content (AvgIpc) is 2.64. The number of benzene rings is 2. The van der Waals surface area contributed by atoms with Crippen molar-refractivity contribution in [3.8, 4) is 11.1 Å². The van der Waals surface area contributed by atoms with Gasteiger partial charge in [-0.15, -0.1) is 0 Å². The summed E-state index contributed by atoms with van der Waals surface area (Å²) in [5.74, 6) is -0.238. The Morgan fingerprint density at radius 1 is 1.00 bits per heavy atom. The summed E-state index contributed by atoms with van der Waals surface area (Å²) in [6.07, 6.45) is 5.30. The zero-order chi connectivity index (χ0) is 17.5. The Hall–Kier alpha value is -3.01. The number of aryl methyl sites for hydroxylation is 1. The molecule has 0 saturated heterocycles. The van der Waals surface area contributed by atoms with Gasteiger partial charge in [-0.1, -0.05) is 42.5 Å². The number of carbonyl (C=O) groups excluding carboxylic acids is 1. The number of hydrogen-bond donors (Lipinski definition) is 1. The van der Waals surface area contributed by atoms with Crippen LogP contribution in [0.2, 0.25) is 0 Å². The maximum atomic E-state index is 13.8. The number of hydrogen-bond acceptors (Lipinski definition) is 2. The van der Waals surface area contributed by atoms with Gasteiger partial charge in [-0.2, -0.15) is 0 Å². The fourth-order valence-corrected chi connectivity index (χ4v) is 2.66. The van der Waals surface area contributed by atoms with Gasteiger partial charge < -0.3 is 5.32 Å². The second kappa shape index (κ2) is 8.20. The number of halogens is 1. The predicted molar refractivity (Wildman–Crippen MR) is 97.6 cm³/mol. The molecule has 1 aromatic heterocycles. The van der Waals surface area contributed by atoms with Crippen molar-refractivity contribution in [2.24, 2.45) is 0 Å². The molecule has 0 saturated carbocycles. The first-order valence-electron chi connectivity index (χ1n) is 8.26. The molecule has 3 rings (SSSR count). The predicted octanol–water partition coefficient (Wildman–Crippen LogP) is 4.85. The molecule has 0 unspecified atom stereocenters. The van der Waals surface area contributed by atoms with E-state index >= 15 is 0 Å². The van der Waals surface area contributed by atoms with Crippen molar-refractivity contribution in [1.82, 2.24) is 4.98 Å². The molecule has 1 amide bonds. The molecule has 0 bridgehead atoms. The molecule has 2 aromatic carbocycles. The maximum absolute atomic E-state index is 13.8. The highest BCUT2D eigenvalue weighted by atomic mass is 19.1. The zero-order valence-electron chi connectivity index (χ0n) is 13.8. The summed E-state index contributed by atoms with van der Waals surface area (Å²) in [7, 11) is 0. The Kier molecular flexibility index (Phi) is 5.52. The van der Waals surface area contributed by atoms with E-state index in [1.807, 2.05) is 36.4 Å². The van der Waals surface area contributed by atoms with Gasteiger partial charge in [0.05, 0.1) is 11.9 Å². The molecule has 0 aliphatic carbocycles. The van der Waals surface area contributed by atoms with E-state index in [4.69, 9.17) is 0 Å². The molecule has 1 N–H and O–H groups in total. The van der Waals surface area contributed by atoms with Gasteiger partial charge in [-0.25, -0.2) is 4.39 Å².